The van der Waals surface area contributed by atoms with Gasteiger partial charge >= 0.3 is 18.2 Å². The van der Waals surface area contributed by atoms with E-state index in [9.17, 15) is 29.1 Å². The van der Waals surface area contributed by atoms with Crippen molar-refractivity contribution in [1.82, 2.24) is 15.7 Å². The lowest BCUT2D eigenvalue weighted by molar-refractivity contribution is -0.203. The highest BCUT2D eigenvalue weighted by Gasteiger charge is 2.32. The Hall–Kier alpha value is -3.67. The van der Waals surface area contributed by atoms with Crippen molar-refractivity contribution in [2.24, 2.45) is 0 Å². The van der Waals surface area contributed by atoms with E-state index in [0.717, 1.165) is 11.1 Å². The van der Waals surface area contributed by atoms with Crippen LogP contribution in [0.1, 0.15) is 70.9 Å². The Kier molecular flexibility index (Phi) is 13.8. The molecule has 212 valence electrons. The summed E-state index contributed by atoms with van der Waals surface area (Å²) in [5.41, 5.74) is 1.09. The minimum atomic E-state index is -1.91. The smallest absolute Gasteiger partial charge is 0.407 e. The molecule has 1 rings (SSSR count). The third-order valence-corrected chi connectivity index (χ3v) is 4.98. The lowest BCUT2D eigenvalue weighted by Gasteiger charge is -2.24. The highest BCUT2D eigenvalue weighted by atomic mass is 16.7. The molecule has 12 nitrogen and oxygen atoms in total. The van der Waals surface area contributed by atoms with Crippen molar-refractivity contribution in [2.45, 2.75) is 91.1 Å². The second-order valence-electron chi connectivity index (χ2n) is 9.67. The highest BCUT2D eigenvalue weighted by Crippen LogP contribution is 2.11. The average Bonchev–Trinajstić information content (AvgIpc) is 2.83. The number of ether oxygens (including phenoxy) is 2. The molecule has 0 saturated carbocycles. The van der Waals surface area contributed by atoms with Crippen molar-refractivity contribution < 1.29 is 43.4 Å². The Bertz CT molecular complexity index is 946. The largest absolute Gasteiger partial charge is 0.445 e. The third-order valence-electron chi connectivity index (χ3n) is 4.98. The Morgan fingerprint density at radius 2 is 1.84 bits per heavy atom. The van der Waals surface area contributed by atoms with Crippen molar-refractivity contribution in [3.05, 3.63) is 35.4 Å². The molecule has 0 aromatic heterocycles. The van der Waals surface area contributed by atoms with Crippen molar-refractivity contribution in [1.29, 1.82) is 0 Å². The number of imide groups is 1. The van der Waals surface area contributed by atoms with Gasteiger partial charge < -0.3 is 30.1 Å². The maximum atomic E-state index is 12.5. The first-order valence-corrected chi connectivity index (χ1v) is 12.5. The van der Waals surface area contributed by atoms with Crippen LogP contribution in [0.25, 0.3) is 0 Å². The van der Waals surface area contributed by atoms with Gasteiger partial charge in [-0.3, -0.25) is 9.59 Å². The second-order valence-corrected chi connectivity index (χ2v) is 9.67. The topological polar surface area (TPSA) is 161 Å². The molecule has 0 bridgehead atoms. The number of hydroxylamine groups is 2. The maximum Gasteiger partial charge on any atom is 0.407 e. The van der Waals surface area contributed by atoms with Crippen LogP contribution >= 0.6 is 0 Å². The average molecular weight is 538 g/mol. The summed E-state index contributed by atoms with van der Waals surface area (Å²) in [6.45, 7) is 9.04. The van der Waals surface area contributed by atoms with E-state index in [-0.39, 0.29) is 37.5 Å². The third kappa shape index (κ3) is 13.0. The SMILES string of the molecule is CCCC(=O)N(C=O)OC(=O)C(O)C(CCCCNC(=O)OC(C)(C)C)NC(=O)OCc1cccc(C)c1. The molecule has 0 spiro atoms. The van der Waals surface area contributed by atoms with Gasteiger partial charge in [-0.15, -0.1) is 5.06 Å². The number of alkyl carbamates (subject to hydrolysis) is 2. The standard InChI is InChI=1S/C26H39N3O9/c1-6-10-21(31)29(17-30)38-23(33)22(32)20(13-7-8-14-27-24(34)37-26(3,4)5)28-25(35)36-16-19-12-9-11-18(2)15-19/h9,11-12,15,17,20,22,32H,6-8,10,13-14,16H2,1-5H3,(H,27,34)(H,28,35). The predicted octanol–water partition coefficient (Wildman–Crippen LogP) is 2.89. The number of hydrogen-bond donors (Lipinski definition) is 3. The van der Waals surface area contributed by atoms with Crippen molar-refractivity contribution in [2.75, 3.05) is 6.54 Å². The summed E-state index contributed by atoms with van der Waals surface area (Å²) in [6, 6.07) is 6.17. The maximum absolute atomic E-state index is 12.5. The number of carbonyl (C=O) groups excluding carboxylic acids is 5. The molecule has 1 aromatic rings. The second kappa shape index (κ2) is 16.2. The van der Waals surface area contributed by atoms with Crippen LogP contribution in [0.3, 0.4) is 0 Å². The molecule has 0 aliphatic rings. The molecule has 0 aliphatic carbocycles. The quantitative estimate of drug-likeness (QED) is 0.195. The number of carbonyl (C=O) groups is 5. The van der Waals surface area contributed by atoms with E-state index in [1.54, 1.807) is 33.8 Å². The lowest BCUT2D eigenvalue weighted by atomic mass is 10.0. The van der Waals surface area contributed by atoms with E-state index in [2.05, 4.69) is 10.6 Å². The van der Waals surface area contributed by atoms with Crippen LogP contribution in [0.2, 0.25) is 0 Å². The summed E-state index contributed by atoms with van der Waals surface area (Å²) in [5.74, 6) is -2.05. The first kappa shape index (κ1) is 32.4. The molecule has 0 radical (unpaired) electrons. The van der Waals surface area contributed by atoms with Gasteiger partial charge in [-0.2, -0.15) is 0 Å². The Morgan fingerprint density at radius 1 is 1.13 bits per heavy atom. The van der Waals surface area contributed by atoms with E-state index in [4.69, 9.17) is 14.3 Å². The fourth-order valence-corrected chi connectivity index (χ4v) is 3.22. The highest BCUT2D eigenvalue weighted by molar-refractivity contribution is 5.87. The van der Waals surface area contributed by atoms with Gasteiger partial charge in [-0.25, -0.2) is 14.4 Å². The van der Waals surface area contributed by atoms with Crippen LogP contribution in [0.15, 0.2) is 24.3 Å². The fourth-order valence-electron chi connectivity index (χ4n) is 3.22. The van der Waals surface area contributed by atoms with Gasteiger partial charge in [0.05, 0.1) is 6.04 Å². The number of nitrogens with zero attached hydrogens (tertiary/aromatic N) is 1. The zero-order valence-corrected chi connectivity index (χ0v) is 22.7. The molecule has 38 heavy (non-hydrogen) atoms. The molecule has 3 N–H and O–H groups in total. The Balaban J connectivity index is 2.76. The lowest BCUT2D eigenvalue weighted by Crippen LogP contribution is -2.49. The van der Waals surface area contributed by atoms with Gasteiger partial charge in [0, 0.05) is 13.0 Å². The summed E-state index contributed by atoms with van der Waals surface area (Å²) < 4.78 is 10.4. The summed E-state index contributed by atoms with van der Waals surface area (Å²) in [7, 11) is 0. The van der Waals surface area contributed by atoms with Crippen LogP contribution in [0.4, 0.5) is 9.59 Å². The summed E-state index contributed by atoms with van der Waals surface area (Å²) in [4.78, 5) is 64.5. The van der Waals surface area contributed by atoms with Crippen LogP contribution in [0, 0.1) is 6.92 Å². The van der Waals surface area contributed by atoms with Crippen LogP contribution < -0.4 is 10.6 Å². The first-order valence-electron chi connectivity index (χ1n) is 12.5. The van der Waals surface area contributed by atoms with E-state index >= 15 is 0 Å². The van der Waals surface area contributed by atoms with Gasteiger partial charge in [-0.05, 0) is 58.9 Å². The number of nitrogens with one attached hydrogen (secondary N) is 2. The fraction of sp³-hybridized carbons (Fsp3) is 0.577. The molecule has 2 unspecified atom stereocenters. The number of aliphatic hydroxyl groups excluding tert-OH is 1. The number of rotatable bonds is 13. The molecule has 0 heterocycles. The molecule has 2 atom stereocenters. The number of amides is 4. The number of hydrogen-bond acceptors (Lipinski definition) is 9. The number of benzene rings is 1. The zero-order valence-electron chi connectivity index (χ0n) is 22.7. The van der Waals surface area contributed by atoms with Gasteiger partial charge in [0.15, 0.2) is 6.10 Å². The van der Waals surface area contributed by atoms with Gasteiger partial charge in [-0.1, -0.05) is 36.8 Å². The molecule has 1 aromatic carbocycles. The molecule has 0 saturated heterocycles. The normalized spacial score (nSPS) is 12.5. The van der Waals surface area contributed by atoms with E-state index in [0.29, 0.717) is 19.3 Å². The van der Waals surface area contributed by atoms with Crippen LogP contribution in [-0.4, -0.2) is 64.9 Å². The van der Waals surface area contributed by atoms with E-state index in [1.807, 2.05) is 25.1 Å². The predicted molar refractivity (Wildman–Crippen MR) is 136 cm³/mol. The Morgan fingerprint density at radius 3 is 2.45 bits per heavy atom. The van der Waals surface area contributed by atoms with Crippen molar-refractivity contribution in [3.8, 4) is 0 Å². The number of aryl methyl sites for hydroxylation is 1. The molecule has 4 amide bonds. The zero-order chi connectivity index (χ0) is 28.7. The van der Waals surface area contributed by atoms with Gasteiger partial charge in [0.25, 0.3) is 12.3 Å². The van der Waals surface area contributed by atoms with E-state index < -0.39 is 41.8 Å². The minimum absolute atomic E-state index is 0.0312. The van der Waals surface area contributed by atoms with Crippen LogP contribution in [0.5, 0.6) is 0 Å². The Labute approximate surface area is 222 Å². The van der Waals surface area contributed by atoms with Crippen molar-refractivity contribution in [3.63, 3.8) is 0 Å². The van der Waals surface area contributed by atoms with E-state index in [1.165, 1.54) is 0 Å². The monoisotopic (exact) mass is 537 g/mol. The van der Waals surface area contributed by atoms with Crippen LogP contribution in [-0.2, 0) is 35.3 Å². The molecule has 0 aliphatic heterocycles. The summed E-state index contributed by atoms with van der Waals surface area (Å²) in [5, 5.41) is 15.8. The van der Waals surface area contributed by atoms with Gasteiger partial charge in [0.1, 0.15) is 12.2 Å². The number of aliphatic hydroxyl groups is 1. The first-order chi connectivity index (χ1) is 17.9. The van der Waals surface area contributed by atoms with Crippen molar-refractivity contribution >= 4 is 30.5 Å². The minimum Gasteiger partial charge on any atom is -0.445 e. The summed E-state index contributed by atoms with van der Waals surface area (Å²) >= 11 is 0. The molecule has 0 fully saturated rings. The number of unbranched alkanes of at least 4 members (excludes halogenated alkanes) is 1. The molecule has 12 heteroatoms. The molecular formula is C26H39N3O9. The van der Waals surface area contributed by atoms with Gasteiger partial charge in [0.2, 0.25) is 0 Å². The molecular weight excluding hydrogens is 498 g/mol. The summed E-state index contributed by atoms with van der Waals surface area (Å²) in [6.07, 6.45) is -2.07.